The van der Waals surface area contributed by atoms with Gasteiger partial charge in [-0.1, -0.05) is 27.5 Å². The van der Waals surface area contributed by atoms with Crippen LogP contribution in [0.4, 0.5) is 0 Å². The van der Waals surface area contributed by atoms with Crippen LogP contribution < -0.4 is 5.56 Å². The number of rotatable bonds is 1. The number of pyridine rings is 1. The molecule has 1 rings (SSSR count). The van der Waals surface area contributed by atoms with Crippen LogP contribution in [0, 0.1) is 6.92 Å². The third kappa shape index (κ3) is 1.65. The Bertz CT molecular complexity index is 321. The summed E-state index contributed by atoms with van der Waals surface area (Å²) in [7, 11) is 0. The highest BCUT2D eigenvalue weighted by Gasteiger charge is 2.05. The van der Waals surface area contributed by atoms with E-state index in [1.165, 1.54) is 0 Å². The van der Waals surface area contributed by atoms with Crippen molar-refractivity contribution in [1.82, 2.24) is 4.98 Å². The van der Waals surface area contributed by atoms with E-state index in [1.54, 1.807) is 6.20 Å². The summed E-state index contributed by atoms with van der Waals surface area (Å²) in [6.07, 6.45) is 1.66. The molecule has 0 saturated heterocycles. The first-order valence-corrected chi connectivity index (χ1v) is 4.59. The third-order valence-electron chi connectivity index (χ3n) is 1.49. The SMILES string of the molecule is Cc1c[nH]c(=O)c(Cl)c1CBr. The molecule has 1 aromatic heterocycles. The number of aromatic amines is 1. The van der Waals surface area contributed by atoms with Gasteiger partial charge < -0.3 is 4.98 Å². The van der Waals surface area contributed by atoms with Gasteiger partial charge in [0.1, 0.15) is 5.02 Å². The number of hydrogen-bond acceptors (Lipinski definition) is 1. The Morgan fingerprint density at radius 2 is 2.36 bits per heavy atom. The van der Waals surface area contributed by atoms with Crippen LogP contribution in [0.1, 0.15) is 11.1 Å². The number of alkyl halides is 1. The zero-order valence-electron chi connectivity index (χ0n) is 5.95. The molecule has 1 aromatic rings. The van der Waals surface area contributed by atoms with Crippen molar-refractivity contribution in [2.45, 2.75) is 12.3 Å². The second kappa shape index (κ2) is 3.41. The summed E-state index contributed by atoms with van der Waals surface area (Å²) >= 11 is 8.98. The number of hydrogen-bond donors (Lipinski definition) is 1. The average molecular weight is 236 g/mol. The van der Waals surface area contributed by atoms with Crippen LogP contribution in [0.5, 0.6) is 0 Å². The van der Waals surface area contributed by atoms with Crippen LogP contribution in [-0.4, -0.2) is 4.98 Å². The fourth-order valence-corrected chi connectivity index (χ4v) is 1.95. The molecule has 0 amide bonds. The first-order valence-electron chi connectivity index (χ1n) is 3.09. The minimum Gasteiger partial charge on any atom is -0.328 e. The lowest BCUT2D eigenvalue weighted by atomic mass is 10.2. The number of nitrogens with one attached hydrogen (secondary N) is 1. The number of aromatic nitrogens is 1. The highest BCUT2D eigenvalue weighted by molar-refractivity contribution is 9.08. The highest BCUT2D eigenvalue weighted by Crippen LogP contribution is 2.16. The van der Waals surface area contributed by atoms with Crippen LogP contribution in [0.25, 0.3) is 0 Å². The Kier molecular flexibility index (Phi) is 2.73. The molecule has 60 valence electrons. The molecule has 1 N–H and O–H groups in total. The number of aryl methyl sites for hydroxylation is 1. The lowest BCUT2D eigenvalue weighted by molar-refractivity contribution is 1.15. The van der Waals surface area contributed by atoms with Gasteiger partial charge in [-0.25, -0.2) is 0 Å². The molecule has 0 aromatic carbocycles. The predicted molar refractivity (Wildman–Crippen MR) is 49.4 cm³/mol. The number of H-pyrrole nitrogens is 1. The van der Waals surface area contributed by atoms with Gasteiger partial charge in [0.2, 0.25) is 0 Å². The summed E-state index contributed by atoms with van der Waals surface area (Å²) in [5, 5.41) is 0.892. The van der Waals surface area contributed by atoms with E-state index >= 15 is 0 Å². The Labute approximate surface area is 77.7 Å². The van der Waals surface area contributed by atoms with Crippen molar-refractivity contribution in [2.75, 3.05) is 0 Å². The van der Waals surface area contributed by atoms with E-state index in [2.05, 4.69) is 20.9 Å². The van der Waals surface area contributed by atoms with E-state index in [4.69, 9.17) is 11.6 Å². The highest BCUT2D eigenvalue weighted by atomic mass is 79.9. The fraction of sp³-hybridized carbons (Fsp3) is 0.286. The molecule has 4 heteroatoms. The lowest BCUT2D eigenvalue weighted by Crippen LogP contribution is -2.08. The van der Waals surface area contributed by atoms with Crippen molar-refractivity contribution in [3.63, 3.8) is 0 Å². The van der Waals surface area contributed by atoms with Crippen LogP contribution >= 0.6 is 27.5 Å². The van der Waals surface area contributed by atoms with E-state index in [-0.39, 0.29) is 10.6 Å². The predicted octanol–water partition coefficient (Wildman–Crippen LogP) is 2.23. The molecule has 0 bridgehead atoms. The van der Waals surface area contributed by atoms with Crippen molar-refractivity contribution >= 4 is 27.5 Å². The zero-order valence-corrected chi connectivity index (χ0v) is 8.29. The van der Waals surface area contributed by atoms with Crippen LogP contribution in [-0.2, 0) is 5.33 Å². The molecule has 0 aliphatic carbocycles. The average Bonchev–Trinajstić information content (AvgIpc) is 1.99. The van der Waals surface area contributed by atoms with Crippen molar-refractivity contribution in [3.05, 3.63) is 32.7 Å². The first kappa shape index (κ1) is 8.81. The van der Waals surface area contributed by atoms with Gasteiger partial charge in [-0.15, -0.1) is 0 Å². The molecule has 0 fully saturated rings. The van der Waals surface area contributed by atoms with E-state index in [0.717, 1.165) is 11.1 Å². The van der Waals surface area contributed by atoms with Crippen molar-refractivity contribution in [1.29, 1.82) is 0 Å². The maximum atomic E-state index is 10.9. The minimum absolute atomic E-state index is 0.230. The lowest BCUT2D eigenvalue weighted by Gasteiger charge is -2.01. The van der Waals surface area contributed by atoms with Crippen LogP contribution in [0.15, 0.2) is 11.0 Å². The maximum Gasteiger partial charge on any atom is 0.267 e. The Morgan fingerprint density at radius 1 is 1.73 bits per heavy atom. The summed E-state index contributed by atoms with van der Waals surface area (Å²) in [6.45, 7) is 1.90. The van der Waals surface area contributed by atoms with E-state index in [1.807, 2.05) is 6.92 Å². The molecule has 0 aliphatic heterocycles. The smallest absolute Gasteiger partial charge is 0.267 e. The zero-order chi connectivity index (χ0) is 8.43. The Morgan fingerprint density at radius 3 is 2.82 bits per heavy atom. The summed E-state index contributed by atoms with van der Waals surface area (Å²) in [5.74, 6) is 0. The molecule has 0 saturated carbocycles. The fourth-order valence-electron chi connectivity index (χ4n) is 0.798. The second-order valence-corrected chi connectivity index (χ2v) is 3.17. The summed E-state index contributed by atoms with van der Waals surface area (Å²) in [6, 6.07) is 0. The minimum atomic E-state index is -0.230. The Hall–Kier alpha value is -0.280. The normalized spacial score (nSPS) is 10.1. The van der Waals surface area contributed by atoms with Gasteiger partial charge in [-0.05, 0) is 18.1 Å². The van der Waals surface area contributed by atoms with E-state index < -0.39 is 0 Å². The molecule has 11 heavy (non-hydrogen) atoms. The first-order chi connectivity index (χ1) is 5.16. The largest absolute Gasteiger partial charge is 0.328 e. The van der Waals surface area contributed by atoms with Gasteiger partial charge in [0.25, 0.3) is 5.56 Å². The topological polar surface area (TPSA) is 32.9 Å². The molecule has 0 spiro atoms. The Balaban J connectivity index is 3.41. The molecule has 0 unspecified atom stereocenters. The van der Waals surface area contributed by atoms with Crippen molar-refractivity contribution < 1.29 is 0 Å². The van der Waals surface area contributed by atoms with E-state index in [0.29, 0.717) is 5.33 Å². The molecular formula is C7H7BrClNO. The second-order valence-electron chi connectivity index (χ2n) is 2.23. The number of halogens is 2. The van der Waals surface area contributed by atoms with Crippen molar-refractivity contribution in [2.24, 2.45) is 0 Å². The van der Waals surface area contributed by atoms with E-state index in [9.17, 15) is 4.79 Å². The van der Waals surface area contributed by atoms with Crippen LogP contribution in [0.2, 0.25) is 5.02 Å². The van der Waals surface area contributed by atoms with Gasteiger partial charge in [0.05, 0.1) is 0 Å². The van der Waals surface area contributed by atoms with Gasteiger partial charge in [0, 0.05) is 11.5 Å². The summed E-state index contributed by atoms with van der Waals surface area (Å²) in [4.78, 5) is 13.5. The molecule has 0 aliphatic rings. The monoisotopic (exact) mass is 235 g/mol. The summed E-state index contributed by atoms with van der Waals surface area (Å²) in [5.41, 5.74) is 1.62. The molecule has 0 atom stereocenters. The molecular weight excluding hydrogens is 229 g/mol. The summed E-state index contributed by atoms with van der Waals surface area (Å²) < 4.78 is 0. The molecule has 1 heterocycles. The van der Waals surface area contributed by atoms with Crippen LogP contribution in [0.3, 0.4) is 0 Å². The maximum absolute atomic E-state index is 10.9. The standard InChI is InChI=1S/C7H7BrClNO/c1-4-3-10-7(11)6(9)5(4)2-8/h3H,2H2,1H3,(H,10,11). The van der Waals surface area contributed by atoms with Gasteiger partial charge >= 0.3 is 0 Å². The molecule has 2 nitrogen and oxygen atoms in total. The van der Waals surface area contributed by atoms with Gasteiger partial charge in [0.15, 0.2) is 0 Å². The quantitative estimate of drug-likeness (QED) is 0.745. The van der Waals surface area contributed by atoms with Gasteiger partial charge in [-0.2, -0.15) is 0 Å². The van der Waals surface area contributed by atoms with Gasteiger partial charge in [-0.3, -0.25) is 4.79 Å². The third-order valence-corrected chi connectivity index (χ3v) is 2.45. The molecule has 0 radical (unpaired) electrons. The van der Waals surface area contributed by atoms with Crippen molar-refractivity contribution in [3.8, 4) is 0 Å².